The molecule has 3 nitrogen and oxygen atoms in total. The molecule has 0 radical (unpaired) electrons. The van der Waals surface area contributed by atoms with E-state index in [1.165, 1.54) is 6.92 Å². The number of aromatic nitrogens is 2. The molecule has 0 unspecified atom stereocenters. The van der Waals surface area contributed by atoms with Crippen LogP contribution < -0.4 is 0 Å². The monoisotopic (exact) mass is 244 g/mol. The summed E-state index contributed by atoms with van der Waals surface area (Å²) in [6.07, 6.45) is 1.73. The predicted molar refractivity (Wildman–Crippen MR) is 67.7 cm³/mol. The highest BCUT2D eigenvalue weighted by Crippen LogP contribution is 2.24. The number of hydrogen-bond donors (Lipinski definition) is 0. The molecule has 2 aromatic heterocycles. The molecule has 3 aromatic rings. The second kappa shape index (κ2) is 3.57. The number of nitrogens with zero attached hydrogens (tertiary/aromatic N) is 2. The van der Waals surface area contributed by atoms with E-state index in [2.05, 4.69) is 4.98 Å². The predicted octanol–water partition coefficient (Wildman–Crippen LogP) is 3.34. The van der Waals surface area contributed by atoms with E-state index in [1.54, 1.807) is 6.20 Å². The zero-order valence-corrected chi connectivity index (χ0v) is 9.90. The van der Waals surface area contributed by atoms with Gasteiger partial charge in [-0.15, -0.1) is 0 Å². The number of benzene rings is 1. The molecule has 84 valence electrons. The van der Waals surface area contributed by atoms with Crippen molar-refractivity contribution in [3.8, 4) is 0 Å². The molecule has 1 aromatic carbocycles. The van der Waals surface area contributed by atoms with Crippen molar-refractivity contribution in [1.29, 1.82) is 0 Å². The molecule has 2 heterocycles. The van der Waals surface area contributed by atoms with Crippen LogP contribution in [0, 0.1) is 0 Å². The first kappa shape index (κ1) is 10.3. The zero-order chi connectivity index (χ0) is 12.0. The fourth-order valence-corrected chi connectivity index (χ4v) is 2.22. The Bertz CT molecular complexity index is 746. The molecule has 3 rings (SSSR count). The fraction of sp³-hybridized carbons (Fsp3) is 0.0769. The summed E-state index contributed by atoms with van der Waals surface area (Å²) in [7, 11) is 0. The molecule has 0 aliphatic heterocycles. The van der Waals surface area contributed by atoms with Crippen LogP contribution in [0.4, 0.5) is 0 Å². The standard InChI is InChI=1S/C13H9ClN2O/c1-8(17)11-7-16-12(15-11)6-5-9-3-2-4-10(14)13(9)16/h2-7H,1H3. The molecule has 0 amide bonds. The van der Waals surface area contributed by atoms with E-state index in [0.717, 1.165) is 16.6 Å². The quantitative estimate of drug-likeness (QED) is 0.616. The van der Waals surface area contributed by atoms with Crippen LogP contribution in [0.15, 0.2) is 36.5 Å². The van der Waals surface area contributed by atoms with Gasteiger partial charge in [-0.2, -0.15) is 0 Å². The van der Waals surface area contributed by atoms with Crippen molar-refractivity contribution in [1.82, 2.24) is 9.38 Å². The Morgan fingerprint density at radius 3 is 2.88 bits per heavy atom. The Balaban J connectivity index is 2.50. The minimum Gasteiger partial charge on any atom is -0.297 e. The van der Waals surface area contributed by atoms with Gasteiger partial charge in [-0.3, -0.25) is 9.20 Å². The SMILES string of the molecule is CC(=O)c1cn2c(ccc3cccc(Cl)c32)n1. The number of carbonyl (C=O) groups is 1. The van der Waals surface area contributed by atoms with Crippen LogP contribution >= 0.6 is 11.6 Å². The van der Waals surface area contributed by atoms with Gasteiger partial charge >= 0.3 is 0 Å². The first-order valence-corrected chi connectivity index (χ1v) is 5.62. The average Bonchev–Trinajstić information content (AvgIpc) is 2.73. The number of imidazole rings is 1. The lowest BCUT2D eigenvalue weighted by atomic mass is 10.2. The number of para-hydroxylation sites is 1. The number of Topliss-reactive ketones (excluding diaryl/α,β-unsaturated/α-hetero) is 1. The molecule has 4 heteroatoms. The van der Waals surface area contributed by atoms with Crippen molar-refractivity contribution in [3.05, 3.63) is 47.2 Å². The van der Waals surface area contributed by atoms with E-state index in [4.69, 9.17) is 11.6 Å². The van der Waals surface area contributed by atoms with E-state index < -0.39 is 0 Å². The van der Waals surface area contributed by atoms with Crippen molar-refractivity contribution in [2.75, 3.05) is 0 Å². The van der Waals surface area contributed by atoms with Gasteiger partial charge in [-0.05, 0) is 18.2 Å². The van der Waals surface area contributed by atoms with Crippen LogP contribution in [-0.4, -0.2) is 15.2 Å². The van der Waals surface area contributed by atoms with Crippen LogP contribution in [-0.2, 0) is 0 Å². The minimum atomic E-state index is -0.0473. The molecule has 0 saturated carbocycles. The molecule has 0 N–H and O–H groups in total. The van der Waals surface area contributed by atoms with Gasteiger partial charge in [0.2, 0.25) is 0 Å². The Labute approximate surface area is 103 Å². The number of rotatable bonds is 1. The molecule has 17 heavy (non-hydrogen) atoms. The summed E-state index contributed by atoms with van der Waals surface area (Å²) >= 11 is 6.19. The van der Waals surface area contributed by atoms with E-state index in [1.807, 2.05) is 34.7 Å². The second-order valence-corrected chi connectivity index (χ2v) is 4.33. The van der Waals surface area contributed by atoms with Crippen LogP contribution in [0.5, 0.6) is 0 Å². The molecule has 0 atom stereocenters. The van der Waals surface area contributed by atoms with Crippen LogP contribution in [0.3, 0.4) is 0 Å². The van der Waals surface area contributed by atoms with Gasteiger partial charge in [0, 0.05) is 18.5 Å². The van der Waals surface area contributed by atoms with Gasteiger partial charge in [0.25, 0.3) is 0 Å². The normalized spacial score (nSPS) is 11.2. The summed E-state index contributed by atoms with van der Waals surface area (Å²) in [4.78, 5) is 15.6. The van der Waals surface area contributed by atoms with Crippen molar-refractivity contribution < 1.29 is 4.79 Å². The molecule has 0 bridgehead atoms. The maximum absolute atomic E-state index is 11.3. The number of pyridine rings is 1. The maximum atomic E-state index is 11.3. The van der Waals surface area contributed by atoms with E-state index in [9.17, 15) is 4.79 Å². The summed E-state index contributed by atoms with van der Waals surface area (Å²) < 4.78 is 1.86. The highest BCUT2D eigenvalue weighted by Gasteiger charge is 2.09. The van der Waals surface area contributed by atoms with Gasteiger partial charge in [0.15, 0.2) is 5.78 Å². The lowest BCUT2D eigenvalue weighted by molar-refractivity contribution is 0.101. The number of hydrogen-bond acceptors (Lipinski definition) is 2. The van der Waals surface area contributed by atoms with E-state index in [0.29, 0.717) is 10.7 Å². The highest BCUT2D eigenvalue weighted by atomic mass is 35.5. The number of fused-ring (bicyclic) bond motifs is 3. The largest absolute Gasteiger partial charge is 0.297 e. The number of carbonyl (C=O) groups excluding carboxylic acids is 1. The van der Waals surface area contributed by atoms with Gasteiger partial charge in [0.05, 0.1) is 10.5 Å². The van der Waals surface area contributed by atoms with Crippen LogP contribution in [0.2, 0.25) is 5.02 Å². The summed E-state index contributed by atoms with van der Waals surface area (Å²) in [5.41, 5.74) is 2.07. The first-order valence-electron chi connectivity index (χ1n) is 5.24. The van der Waals surface area contributed by atoms with E-state index >= 15 is 0 Å². The molecule has 0 fully saturated rings. The summed E-state index contributed by atoms with van der Waals surface area (Å²) in [6.45, 7) is 1.51. The molecule has 0 aliphatic carbocycles. The average molecular weight is 245 g/mol. The lowest BCUT2D eigenvalue weighted by Crippen LogP contribution is -1.90. The molecule has 0 spiro atoms. The van der Waals surface area contributed by atoms with Crippen LogP contribution in [0.25, 0.3) is 16.6 Å². The third kappa shape index (κ3) is 1.51. The van der Waals surface area contributed by atoms with Gasteiger partial charge < -0.3 is 0 Å². The van der Waals surface area contributed by atoms with Gasteiger partial charge in [0.1, 0.15) is 11.3 Å². The topological polar surface area (TPSA) is 34.4 Å². The summed E-state index contributed by atoms with van der Waals surface area (Å²) in [5.74, 6) is -0.0473. The van der Waals surface area contributed by atoms with E-state index in [-0.39, 0.29) is 5.78 Å². The molecule has 0 saturated heterocycles. The first-order chi connectivity index (χ1) is 8.16. The molecular weight excluding hydrogens is 236 g/mol. The summed E-state index contributed by atoms with van der Waals surface area (Å²) in [6, 6.07) is 9.54. The third-order valence-electron chi connectivity index (χ3n) is 2.76. The van der Waals surface area contributed by atoms with Gasteiger partial charge in [-0.25, -0.2) is 4.98 Å². The minimum absolute atomic E-state index is 0.0473. The number of ketones is 1. The zero-order valence-electron chi connectivity index (χ0n) is 9.14. The Morgan fingerprint density at radius 1 is 1.29 bits per heavy atom. The van der Waals surface area contributed by atoms with Crippen molar-refractivity contribution in [2.24, 2.45) is 0 Å². The Kier molecular flexibility index (Phi) is 2.16. The second-order valence-electron chi connectivity index (χ2n) is 3.92. The fourth-order valence-electron chi connectivity index (χ4n) is 1.95. The highest BCUT2D eigenvalue weighted by molar-refractivity contribution is 6.35. The Hall–Kier alpha value is -1.87. The maximum Gasteiger partial charge on any atom is 0.179 e. The smallest absolute Gasteiger partial charge is 0.179 e. The van der Waals surface area contributed by atoms with Crippen molar-refractivity contribution >= 4 is 33.9 Å². The Morgan fingerprint density at radius 2 is 2.12 bits per heavy atom. The summed E-state index contributed by atoms with van der Waals surface area (Å²) in [5, 5.41) is 1.68. The lowest BCUT2D eigenvalue weighted by Gasteiger charge is -2.03. The van der Waals surface area contributed by atoms with Crippen molar-refractivity contribution in [3.63, 3.8) is 0 Å². The molecule has 0 aliphatic rings. The van der Waals surface area contributed by atoms with Gasteiger partial charge in [-0.1, -0.05) is 23.7 Å². The van der Waals surface area contributed by atoms with Crippen molar-refractivity contribution in [2.45, 2.75) is 6.92 Å². The molecular formula is C13H9ClN2O. The number of halogens is 1. The third-order valence-corrected chi connectivity index (χ3v) is 3.07. The van der Waals surface area contributed by atoms with Crippen LogP contribution in [0.1, 0.15) is 17.4 Å².